The number of rotatable bonds is 2. The van der Waals surface area contributed by atoms with Crippen molar-refractivity contribution >= 4 is 41.2 Å². The highest BCUT2D eigenvalue weighted by Gasteiger charge is 2.23. The summed E-state index contributed by atoms with van der Waals surface area (Å²) in [6.45, 7) is 2.46. The lowest BCUT2D eigenvalue weighted by Crippen LogP contribution is -2.37. The number of amides is 2. The van der Waals surface area contributed by atoms with E-state index in [1.807, 2.05) is 26.6 Å². The van der Waals surface area contributed by atoms with Crippen LogP contribution >= 0.6 is 23.7 Å². The Bertz CT molecular complexity index is 688. The molecule has 2 N–H and O–H groups in total. The first-order chi connectivity index (χ1) is 11.1. The van der Waals surface area contributed by atoms with Gasteiger partial charge in [0.05, 0.1) is 5.56 Å². The Labute approximate surface area is 151 Å². The van der Waals surface area contributed by atoms with Gasteiger partial charge in [0.1, 0.15) is 0 Å². The Morgan fingerprint density at radius 2 is 1.46 bits per heavy atom. The van der Waals surface area contributed by atoms with Crippen LogP contribution in [0.2, 0.25) is 0 Å². The molecule has 3 rings (SSSR count). The van der Waals surface area contributed by atoms with Crippen molar-refractivity contribution in [2.24, 2.45) is 0 Å². The molecule has 2 heterocycles. The Balaban J connectivity index is 0.00000208. The van der Waals surface area contributed by atoms with E-state index in [1.165, 1.54) is 11.3 Å². The Morgan fingerprint density at radius 3 is 2.00 bits per heavy atom. The van der Waals surface area contributed by atoms with Gasteiger partial charge in [-0.3, -0.25) is 9.59 Å². The van der Waals surface area contributed by atoms with Gasteiger partial charge in [-0.1, -0.05) is 0 Å². The molecular formula is C17H20ClN3O2S. The molecule has 1 aliphatic heterocycles. The van der Waals surface area contributed by atoms with E-state index in [1.54, 1.807) is 24.3 Å². The maximum Gasteiger partial charge on any atom is 0.254 e. The zero-order valence-electron chi connectivity index (χ0n) is 13.2. The van der Waals surface area contributed by atoms with Crippen molar-refractivity contribution in [3.8, 4) is 0 Å². The normalized spacial score (nSPS) is 14.7. The standard InChI is InChI=1S/C17H19N3O2S.ClH/c18-15-4-2-13(3-5-15)16(21)19-7-1-8-20(10-9-19)17(22)14-6-11-23-12-14;/h2-6,11-12H,1,7-10,18H2;1H. The molecule has 0 radical (unpaired) electrons. The van der Waals surface area contributed by atoms with Crippen molar-refractivity contribution in [2.75, 3.05) is 31.9 Å². The fourth-order valence-corrected chi connectivity index (χ4v) is 3.33. The lowest BCUT2D eigenvalue weighted by molar-refractivity contribution is 0.0719. The highest BCUT2D eigenvalue weighted by atomic mass is 35.5. The number of nitrogens with zero attached hydrogens (tertiary/aromatic N) is 2. The summed E-state index contributed by atoms with van der Waals surface area (Å²) < 4.78 is 0. The quantitative estimate of drug-likeness (QED) is 0.832. The second-order valence-electron chi connectivity index (χ2n) is 5.57. The van der Waals surface area contributed by atoms with Gasteiger partial charge in [-0.05, 0) is 42.1 Å². The van der Waals surface area contributed by atoms with Crippen molar-refractivity contribution in [3.05, 3.63) is 52.2 Å². The Kier molecular flexibility index (Phi) is 6.23. The molecule has 2 amide bonds. The largest absolute Gasteiger partial charge is 0.399 e. The summed E-state index contributed by atoms with van der Waals surface area (Å²) in [6, 6.07) is 8.80. The number of anilines is 1. The van der Waals surface area contributed by atoms with E-state index >= 15 is 0 Å². The van der Waals surface area contributed by atoms with Gasteiger partial charge in [0, 0.05) is 42.8 Å². The third-order valence-electron chi connectivity index (χ3n) is 4.00. The molecule has 0 spiro atoms. The first kappa shape index (κ1) is 18.3. The maximum absolute atomic E-state index is 12.6. The zero-order chi connectivity index (χ0) is 16.2. The van der Waals surface area contributed by atoms with E-state index in [2.05, 4.69) is 0 Å². The van der Waals surface area contributed by atoms with Crippen molar-refractivity contribution in [3.63, 3.8) is 0 Å². The molecule has 2 aromatic rings. The lowest BCUT2D eigenvalue weighted by atomic mass is 10.2. The molecule has 0 saturated carbocycles. The summed E-state index contributed by atoms with van der Waals surface area (Å²) in [5.41, 5.74) is 7.67. The summed E-state index contributed by atoms with van der Waals surface area (Å²) >= 11 is 1.52. The molecule has 24 heavy (non-hydrogen) atoms. The summed E-state index contributed by atoms with van der Waals surface area (Å²) in [7, 11) is 0. The number of thiophene rings is 1. The minimum atomic E-state index is -0.00478. The van der Waals surface area contributed by atoms with Crippen molar-refractivity contribution < 1.29 is 9.59 Å². The maximum atomic E-state index is 12.6. The molecule has 5 nitrogen and oxygen atoms in total. The average Bonchev–Trinajstić information content (AvgIpc) is 2.99. The van der Waals surface area contributed by atoms with Gasteiger partial charge in [0.2, 0.25) is 0 Å². The third kappa shape index (κ3) is 4.07. The summed E-state index contributed by atoms with van der Waals surface area (Å²) in [5.74, 6) is 0.0443. The van der Waals surface area contributed by atoms with Gasteiger partial charge in [0.15, 0.2) is 0 Å². The van der Waals surface area contributed by atoms with Gasteiger partial charge < -0.3 is 15.5 Å². The van der Waals surface area contributed by atoms with Crippen LogP contribution in [-0.4, -0.2) is 47.8 Å². The molecule has 1 fully saturated rings. The number of hydrogen-bond donors (Lipinski definition) is 1. The fourth-order valence-electron chi connectivity index (χ4n) is 2.70. The lowest BCUT2D eigenvalue weighted by Gasteiger charge is -2.22. The van der Waals surface area contributed by atoms with Crippen LogP contribution in [0.1, 0.15) is 27.1 Å². The van der Waals surface area contributed by atoms with Crippen molar-refractivity contribution in [1.82, 2.24) is 9.80 Å². The predicted molar refractivity (Wildman–Crippen MR) is 98.8 cm³/mol. The van der Waals surface area contributed by atoms with Crippen LogP contribution in [0.4, 0.5) is 5.69 Å². The van der Waals surface area contributed by atoms with E-state index in [0.29, 0.717) is 37.4 Å². The van der Waals surface area contributed by atoms with Gasteiger partial charge in [0.25, 0.3) is 11.8 Å². The van der Waals surface area contributed by atoms with Crippen LogP contribution < -0.4 is 5.73 Å². The van der Waals surface area contributed by atoms with Gasteiger partial charge in [-0.25, -0.2) is 0 Å². The van der Waals surface area contributed by atoms with Crippen molar-refractivity contribution in [1.29, 1.82) is 0 Å². The number of nitrogen functional groups attached to an aromatic ring is 1. The molecular weight excluding hydrogens is 346 g/mol. The van der Waals surface area contributed by atoms with E-state index in [-0.39, 0.29) is 24.2 Å². The minimum absolute atomic E-state index is 0. The van der Waals surface area contributed by atoms with E-state index in [9.17, 15) is 9.59 Å². The second-order valence-corrected chi connectivity index (χ2v) is 6.35. The topological polar surface area (TPSA) is 66.6 Å². The first-order valence-electron chi connectivity index (χ1n) is 7.61. The molecule has 1 aliphatic rings. The number of carbonyl (C=O) groups excluding carboxylic acids is 2. The number of hydrogen-bond acceptors (Lipinski definition) is 4. The molecule has 0 unspecified atom stereocenters. The van der Waals surface area contributed by atoms with E-state index in [4.69, 9.17) is 5.73 Å². The van der Waals surface area contributed by atoms with Gasteiger partial charge in [-0.15, -0.1) is 12.4 Å². The predicted octanol–water partition coefficient (Wildman–Crippen LogP) is 2.74. The molecule has 7 heteroatoms. The first-order valence-corrected chi connectivity index (χ1v) is 8.56. The van der Waals surface area contributed by atoms with Crippen LogP contribution in [0.25, 0.3) is 0 Å². The molecule has 1 aromatic carbocycles. The van der Waals surface area contributed by atoms with Crippen LogP contribution in [0, 0.1) is 0 Å². The third-order valence-corrected chi connectivity index (χ3v) is 4.68. The number of benzene rings is 1. The summed E-state index contributed by atoms with van der Waals surface area (Å²) in [4.78, 5) is 28.6. The molecule has 0 atom stereocenters. The highest BCUT2D eigenvalue weighted by molar-refractivity contribution is 7.08. The monoisotopic (exact) mass is 365 g/mol. The van der Waals surface area contributed by atoms with Gasteiger partial charge >= 0.3 is 0 Å². The Hall–Kier alpha value is -2.05. The smallest absolute Gasteiger partial charge is 0.254 e. The number of halogens is 1. The zero-order valence-corrected chi connectivity index (χ0v) is 14.8. The fraction of sp³-hybridized carbons (Fsp3) is 0.294. The average molecular weight is 366 g/mol. The molecule has 0 bridgehead atoms. The highest BCUT2D eigenvalue weighted by Crippen LogP contribution is 2.14. The van der Waals surface area contributed by atoms with Crippen molar-refractivity contribution in [2.45, 2.75) is 6.42 Å². The summed E-state index contributed by atoms with van der Waals surface area (Å²) in [6.07, 6.45) is 0.788. The van der Waals surface area contributed by atoms with E-state index < -0.39 is 0 Å². The van der Waals surface area contributed by atoms with Crippen LogP contribution in [-0.2, 0) is 0 Å². The minimum Gasteiger partial charge on any atom is -0.399 e. The summed E-state index contributed by atoms with van der Waals surface area (Å²) in [5, 5.41) is 3.77. The van der Waals surface area contributed by atoms with Crippen LogP contribution in [0.15, 0.2) is 41.1 Å². The van der Waals surface area contributed by atoms with Crippen LogP contribution in [0.3, 0.4) is 0 Å². The molecule has 0 aliphatic carbocycles. The van der Waals surface area contributed by atoms with Gasteiger partial charge in [-0.2, -0.15) is 11.3 Å². The molecule has 1 saturated heterocycles. The number of nitrogens with two attached hydrogens (primary N) is 1. The second kappa shape index (κ2) is 8.17. The van der Waals surface area contributed by atoms with E-state index in [0.717, 1.165) is 12.0 Å². The van der Waals surface area contributed by atoms with Crippen LogP contribution in [0.5, 0.6) is 0 Å². The molecule has 1 aromatic heterocycles. The Morgan fingerprint density at radius 1 is 0.875 bits per heavy atom. The molecule has 128 valence electrons. The number of carbonyl (C=O) groups is 2. The SMILES string of the molecule is Cl.Nc1ccc(C(=O)N2CCCN(C(=O)c3ccsc3)CC2)cc1.